The summed E-state index contributed by atoms with van der Waals surface area (Å²) in [4.78, 5) is 2.51. The van der Waals surface area contributed by atoms with Crippen molar-refractivity contribution in [3.63, 3.8) is 0 Å². The quantitative estimate of drug-likeness (QED) is 0.869. The highest BCUT2D eigenvalue weighted by atomic mass is 79.9. The van der Waals surface area contributed by atoms with E-state index in [1.54, 1.807) is 0 Å². The average Bonchev–Trinajstić information content (AvgIpc) is 2.45. The van der Waals surface area contributed by atoms with Gasteiger partial charge in [-0.1, -0.05) is 22.9 Å². The summed E-state index contributed by atoms with van der Waals surface area (Å²) in [5.41, 5.74) is 1.31. The number of nitrogens with zero attached hydrogens (tertiary/aromatic N) is 1. The first-order valence-electron chi connectivity index (χ1n) is 7.14. The third-order valence-electron chi connectivity index (χ3n) is 3.39. The number of piperazine rings is 1. The molecular weight excluding hydrogens is 304 g/mol. The van der Waals surface area contributed by atoms with Crippen LogP contribution < -0.4 is 10.1 Å². The predicted molar refractivity (Wildman–Crippen MR) is 82.9 cm³/mol. The third kappa shape index (κ3) is 4.79. The first kappa shape index (κ1) is 14.8. The highest BCUT2D eigenvalue weighted by molar-refractivity contribution is 9.10. The van der Waals surface area contributed by atoms with Crippen LogP contribution in [0.15, 0.2) is 22.7 Å². The van der Waals surface area contributed by atoms with Crippen molar-refractivity contribution in [1.29, 1.82) is 0 Å². The van der Waals surface area contributed by atoms with Crippen molar-refractivity contribution in [3.8, 4) is 5.75 Å². The maximum absolute atomic E-state index is 5.83. The Morgan fingerprint density at radius 3 is 2.84 bits per heavy atom. The fourth-order valence-corrected chi connectivity index (χ4v) is 2.72. The Morgan fingerprint density at radius 1 is 1.32 bits per heavy atom. The average molecular weight is 327 g/mol. The lowest BCUT2D eigenvalue weighted by Gasteiger charge is -2.27. The molecule has 1 aromatic rings. The summed E-state index contributed by atoms with van der Waals surface area (Å²) in [5, 5.41) is 3.39. The zero-order valence-electron chi connectivity index (χ0n) is 11.6. The molecular formula is C15H23BrN2O. The summed E-state index contributed by atoms with van der Waals surface area (Å²) in [6, 6.07) is 6.32. The van der Waals surface area contributed by atoms with Crippen LogP contribution in [-0.4, -0.2) is 44.2 Å². The Morgan fingerprint density at radius 2 is 2.11 bits per heavy atom. The summed E-state index contributed by atoms with van der Waals surface area (Å²) in [6.45, 7) is 8.57. The zero-order chi connectivity index (χ0) is 13.5. The van der Waals surface area contributed by atoms with E-state index < -0.39 is 0 Å². The second-order valence-corrected chi connectivity index (χ2v) is 5.86. The first-order chi connectivity index (χ1) is 9.29. The highest BCUT2D eigenvalue weighted by Crippen LogP contribution is 2.24. The number of halogens is 1. The van der Waals surface area contributed by atoms with Crippen LogP contribution in [0.2, 0.25) is 0 Å². The van der Waals surface area contributed by atoms with Gasteiger partial charge >= 0.3 is 0 Å². The summed E-state index contributed by atoms with van der Waals surface area (Å²) in [7, 11) is 0. The molecule has 4 heteroatoms. The topological polar surface area (TPSA) is 24.5 Å². The Hall–Kier alpha value is -0.580. The molecule has 1 heterocycles. The van der Waals surface area contributed by atoms with E-state index in [1.165, 1.54) is 5.56 Å². The van der Waals surface area contributed by atoms with Crippen LogP contribution in [0.5, 0.6) is 5.75 Å². The molecule has 0 aromatic heterocycles. The monoisotopic (exact) mass is 326 g/mol. The van der Waals surface area contributed by atoms with Crippen molar-refractivity contribution in [2.75, 3.05) is 39.3 Å². The van der Waals surface area contributed by atoms with E-state index in [0.29, 0.717) is 0 Å². The minimum absolute atomic E-state index is 0.794. The fourth-order valence-electron chi connectivity index (χ4n) is 2.31. The molecule has 0 radical (unpaired) electrons. The van der Waals surface area contributed by atoms with Gasteiger partial charge < -0.3 is 15.0 Å². The van der Waals surface area contributed by atoms with Crippen molar-refractivity contribution in [2.24, 2.45) is 0 Å². The summed E-state index contributed by atoms with van der Waals surface area (Å²) in [6.07, 6.45) is 2.10. The number of rotatable bonds is 6. The van der Waals surface area contributed by atoms with E-state index in [-0.39, 0.29) is 0 Å². The Bertz CT molecular complexity index is 392. The number of benzene rings is 1. The molecule has 3 nitrogen and oxygen atoms in total. The number of ether oxygens (including phenoxy) is 1. The molecule has 106 valence electrons. The lowest BCUT2D eigenvalue weighted by Crippen LogP contribution is -2.44. The molecule has 0 unspecified atom stereocenters. The molecule has 0 saturated carbocycles. The van der Waals surface area contributed by atoms with Crippen LogP contribution in [0.4, 0.5) is 0 Å². The van der Waals surface area contributed by atoms with Crippen LogP contribution >= 0.6 is 15.9 Å². The molecule has 1 fully saturated rings. The molecule has 1 aliphatic heterocycles. The highest BCUT2D eigenvalue weighted by Gasteiger charge is 2.11. The molecule has 0 bridgehead atoms. The lowest BCUT2D eigenvalue weighted by atomic mass is 10.1. The SMILES string of the molecule is CCCOc1ccc(Br)cc1CCN1CCNCC1. The van der Waals surface area contributed by atoms with E-state index in [1.807, 2.05) is 0 Å². The van der Waals surface area contributed by atoms with Gasteiger partial charge in [-0.15, -0.1) is 0 Å². The molecule has 2 rings (SSSR count). The Kier molecular flexibility index (Phi) is 6.14. The zero-order valence-corrected chi connectivity index (χ0v) is 13.2. The van der Waals surface area contributed by atoms with Crippen molar-refractivity contribution in [3.05, 3.63) is 28.2 Å². The van der Waals surface area contributed by atoms with Gasteiger partial charge in [0.2, 0.25) is 0 Å². The molecule has 1 N–H and O–H groups in total. The van der Waals surface area contributed by atoms with Gasteiger partial charge in [-0.3, -0.25) is 0 Å². The Labute approximate surface area is 124 Å². The van der Waals surface area contributed by atoms with Crippen molar-refractivity contribution < 1.29 is 4.74 Å². The predicted octanol–water partition coefficient (Wildman–Crippen LogP) is 2.69. The van der Waals surface area contributed by atoms with E-state index in [0.717, 1.165) is 62.4 Å². The standard InChI is InChI=1S/C15H23BrN2O/c1-2-11-19-15-4-3-14(16)12-13(15)5-8-18-9-6-17-7-10-18/h3-4,12,17H,2,5-11H2,1H3. The van der Waals surface area contributed by atoms with Crippen molar-refractivity contribution in [2.45, 2.75) is 19.8 Å². The number of nitrogens with one attached hydrogen (secondary N) is 1. The molecule has 1 aliphatic rings. The molecule has 0 amide bonds. The van der Waals surface area contributed by atoms with Crippen molar-refractivity contribution in [1.82, 2.24) is 10.2 Å². The smallest absolute Gasteiger partial charge is 0.122 e. The fraction of sp³-hybridized carbons (Fsp3) is 0.600. The van der Waals surface area contributed by atoms with Crippen LogP contribution in [0.25, 0.3) is 0 Å². The Balaban J connectivity index is 1.94. The molecule has 0 spiro atoms. The molecule has 0 atom stereocenters. The third-order valence-corrected chi connectivity index (χ3v) is 3.88. The van der Waals surface area contributed by atoms with Gasteiger partial charge in [0.1, 0.15) is 5.75 Å². The maximum Gasteiger partial charge on any atom is 0.122 e. The second kappa shape index (κ2) is 7.88. The minimum Gasteiger partial charge on any atom is -0.493 e. The second-order valence-electron chi connectivity index (χ2n) is 4.94. The molecule has 1 aromatic carbocycles. The van der Waals surface area contributed by atoms with Crippen molar-refractivity contribution >= 4 is 15.9 Å². The van der Waals surface area contributed by atoms with E-state index in [9.17, 15) is 0 Å². The van der Waals surface area contributed by atoms with Gasteiger partial charge in [0.05, 0.1) is 6.61 Å². The summed E-state index contributed by atoms with van der Waals surface area (Å²) in [5.74, 6) is 1.04. The molecule has 0 aliphatic carbocycles. The van der Waals surface area contributed by atoms with Gasteiger partial charge in [-0.05, 0) is 36.6 Å². The van der Waals surface area contributed by atoms with Gasteiger partial charge in [-0.25, -0.2) is 0 Å². The minimum atomic E-state index is 0.794. The van der Waals surface area contributed by atoms with Gasteiger partial charge in [0.15, 0.2) is 0 Å². The van der Waals surface area contributed by atoms with E-state index in [4.69, 9.17) is 4.74 Å². The molecule has 1 saturated heterocycles. The number of hydrogen-bond acceptors (Lipinski definition) is 3. The van der Waals surface area contributed by atoms with Crippen LogP contribution in [-0.2, 0) is 6.42 Å². The molecule has 19 heavy (non-hydrogen) atoms. The summed E-state index contributed by atoms with van der Waals surface area (Å²) >= 11 is 3.55. The van der Waals surface area contributed by atoms with Gasteiger partial charge in [0, 0.05) is 37.2 Å². The van der Waals surface area contributed by atoms with Gasteiger partial charge in [0.25, 0.3) is 0 Å². The first-order valence-corrected chi connectivity index (χ1v) is 7.93. The largest absolute Gasteiger partial charge is 0.493 e. The van der Waals surface area contributed by atoms with Gasteiger partial charge in [-0.2, -0.15) is 0 Å². The van der Waals surface area contributed by atoms with Crippen LogP contribution in [0.1, 0.15) is 18.9 Å². The van der Waals surface area contributed by atoms with Crippen LogP contribution in [0.3, 0.4) is 0 Å². The normalized spacial score (nSPS) is 16.5. The van der Waals surface area contributed by atoms with E-state index >= 15 is 0 Å². The lowest BCUT2D eigenvalue weighted by molar-refractivity contribution is 0.242. The number of hydrogen-bond donors (Lipinski definition) is 1. The van der Waals surface area contributed by atoms with Crippen LogP contribution in [0, 0.1) is 0 Å². The summed E-state index contributed by atoms with van der Waals surface area (Å²) < 4.78 is 6.96. The maximum atomic E-state index is 5.83. The van der Waals surface area contributed by atoms with E-state index in [2.05, 4.69) is 51.3 Å².